The van der Waals surface area contributed by atoms with E-state index in [2.05, 4.69) is 66.7 Å². The van der Waals surface area contributed by atoms with Crippen LogP contribution < -0.4 is 5.43 Å². The molecule has 0 aromatic heterocycles. The van der Waals surface area contributed by atoms with Crippen molar-refractivity contribution in [3.63, 3.8) is 0 Å². The Kier molecular flexibility index (Phi) is 4.04. The Bertz CT molecular complexity index is 568. The quantitative estimate of drug-likeness (QED) is 0.901. The van der Waals surface area contributed by atoms with Crippen LogP contribution in [0.4, 0.5) is 0 Å². The number of piperidine rings is 1. The average Bonchev–Trinajstić information content (AvgIpc) is 2.46. The Labute approximate surface area is 121 Å². The number of hydrogen-bond donors (Lipinski definition) is 1. The molecule has 0 aliphatic carbocycles. The van der Waals surface area contributed by atoms with Crippen molar-refractivity contribution in [3.05, 3.63) is 48.0 Å². The molecule has 0 saturated carbocycles. The fourth-order valence-electron chi connectivity index (χ4n) is 3.26. The molecular formula is C18H24N2. The van der Waals surface area contributed by atoms with E-state index < -0.39 is 0 Å². The molecule has 1 aliphatic rings. The lowest BCUT2D eigenvalue weighted by Crippen LogP contribution is -2.51. The molecule has 0 spiro atoms. The Morgan fingerprint density at radius 3 is 2.45 bits per heavy atom. The lowest BCUT2D eigenvalue weighted by molar-refractivity contribution is 0.0436. The van der Waals surface area contributed by atoms with Gasteiger partial charge in [0.1, 0.15) is 0 Å². The highest BCUT2D eigenvalue weighted by atomic mass is 15.5. The topological polar surface area (TPSA) is 15.3 Å². The molecule has 3 rings (SSSR count). The third-order valence-corrected chi connectivity index (χ3v) is 4.47. The van der Waals surface area contributed by atoms with Gasteiger partial charge in [-0.25, -0.2) is 5.01 Å². The lowest BCUT2D eigenvalue weighted by atomic mass is 10.00. The van der Waals surface area contributed by atoms with E-state index in [1.807, 2.05) is 0 Å². The molecule has 20 heavy (non-hydrogen) atoms. The van der Waals surface area contributed by atoms with E-state index >= 15 is 0 Å². The van der Waals surface area contributed by atoms with E-state index in [0.717, 1.165) is 6.54 Å². The van der Waals surface area contributed by atoms with E-state index in [0.29, 0.717) is 12.1 Å². The van der Waals surface area contributed by atoms with Gasteiger partial charge in [0.05, 0.1) is 0 Å². The summed E-state index contributed by atoms with van der Waals surface area (Å²) in [7, 11) is 0. The Morgan fingerprint density at radius 1 is 1.00 bits per heavy atom. The highest BCUT2D eigenvalue weighted by Gasteiger charge is 2.23. The maximum atomic E-state index is 3.64. The number of rotatable bonds is 3. The minimum Gasteiger partial charge on any atom is -0.250 e. The molecule has 1 N–H and O–H groups in total. The Balaban J connectivity index is 1.70. The molecule has 0 bridgehead atoms. The van der Waals surface area contributed by atoms with Gasteiger partial charge < -0.3 is 0 Å². The highest BCUT2D eigenvalue weighted by molar-refractivity contribution is 5.82. The first-order valence-corrected chi connectivity index (χ1v) is 7.73. The van der Waals surface area contributed by atoms with Gasteiger partial charge in [-0.2, -0.15) is 0 Å². The molecular weight excluding hydrogens is 244 g/mol. The summed E-state index contributed by atoms with van der Waals surface area (Å²) < 4.78 is 0. The molecule has 1 fully saturated rings. The molecule has 2 aromatic carbocycles. The fourth-order valence-corrected chi connectivity index (χ4v) is 3.26. The van der Waals surface area contributed by atoms with Crippen LogP contribution in [0.5, 0.6) is 0 Å². The number of nitrogens with one attached hydrogen (secondary N) is 1. The standard InChI is InChI=1S/C18H24N2/c1-14-6-5-7-15(2)20(14)19-13-16-10-11-17-8-3-4-9-18(17)12-16/h3-4,8-12,14-15,19H,5-7,13H2,1-2H3. The zero-order valence-corrected chi connectivity index (χ0v) is 12.5. The van der Waals surface area contributed by atoms with Crippen LogP contribution in [-0.2, 0) is 6.54 Å². The first kappa shape index (κ1) is 13.6. The molecule has 2 heteroatoms. The second kappa shape index (κ2) is 5.94. The SMILES string of the molecule is CC1CCCC(C)N1NCc1ccc2ccccc2c1. The smallest absolute Gasteiger partial charge is 0.0353 e. The lowest BCUT2D eigenvalue weighted by Gasteiger charge is -2.39. The third kappa shape index (κ3) is 2.87. The maximum Gasteiger partial charge on any atom is 0.0353 e. The number of nitrogens with zero attached hydrogens (tertiary/aromatic N) is 1. The zero-order valence-electron chi connectivity index (χ0n) is 12.5. The zero-order chi connectivity index (χ0) is 13.9. The summed E-state index contributed by atoms with van der Waals surface area (Å²) in [5, 5.41) is 5.08. The summed E-state index contributed by atoms with van der Waals surface area (Å²) in [4.78, 5) is 0. The molecule has 2 nitrogen and oxygen atoms in total. The number of hydrazine groups is 1. The van der Waals surface area contributed by atoms with Crippen LogP contribution in [-0.4, -0.2) is 17.1 Å². The Hall–Kier alpha value is -1.38. The van der Waals surface area contributed by atoms with E-state index in [-0.39, 0.29) is 0 Å². The average molecular weight is 268 g/mol. The maximum absolute atomic E-state index is 3.64. The van der Waals surface area contributed by atoms with Crippen molar-refractivity contribution in [2.45, 2.75) is 51.7 Å². The molecule has 2 aromatic rings. The summed E-state index contributed by atoms with van der Waals surface area (Å²) >= 11 is 0. The largest absolute Gasteiger partial charge is 0.250 e. The molecule has 2 unspecified atom stereocenters. The monoisotopic (exact) mass is 268 g/mol. The minimum atomic E-state index is 0.638. The third-order valence-electron chi connectivity index (χ3n) is 4.47. The number of hydrogen-bond acceptors (Lipinski definition) is 2. The van der Waals surface area contributed by atoms with Gasteiger partial charge in [-0.3, -0.25) is 5.43 Å². The van der Waals surface area contributed by atoms with E-state index in [4.69, 9.17) is 0 Å². The van der Waals surface area contributed by atoms with E-state index in [1.54, 1.807) is 0 Å². The predicted octanol–water partition coefficient (Wildman–Crippen LogP) is 4.11. The van der Waals surface area contributed by atoms with Crippen LogP contribution in [0.15, 0.2) is 42.5 Å². The summed E-state index contributed by atoms with van der Waals surface area (Å²) in [5.74, 6) is 0. The molecule has 106 valence electrons. The van der Waals surface area contributed by atoms with Gasteiger partial charge in [0.25, 0.3) is 0 Å². The Morgan fingerprint density at radius 2 is 1.70 bits per heavy atom. The molecule has 2 atom stereocenters. The molecule has 0 radical (unpaired) electrons. The highest BCUT2D eigenvalue weighted by Crippen LogP contribution is 2.21. The van der Waals surface area contributed by atoms with Gasteiger partial charge in [-0.05, 0) is 49.1 Å². The predicted molar refractivity (Wildman–Crippen MR) is 85.4 cm³/mol. The summed E-state index contributed by atoms with van der Waals surface area (Å²) in [6, 6.07) is 16.6. The van der Waals surface area contributed by atoms with Crippen molar-refractivity contribution >= 4 is 10.8 Å². The minimum absolute atomic E-state index is 0.638. The normalized spacial score (nSPS) is 24.1. The van der Waals surface area contributed by atoms with Gasteiger partial charge in [-0.15, -0.1) is 0 Å². The van der Waals surface area contributed by atoms with Gasteiger partial charge >= 0.3 is 0 Å². The summed E-state index contributed by atoms with van der Waals surface area (Å²) in [6.45, 7) is 5.56. The van der Waals surface area contributed by atoms with Crippen LogP contribution in [0, 0.1) is 0 Å². The second-order valence-electron chi connectivity index (χ2n) is 6.05. The van der Waals surface area contributed by atoms with E-state index in [1.165, 1.54) is 35.6 Å². The van der Waals surface area contributed by atoms with Crippen LogP contribution in [0.2, 0.25) is 0 Å². The van der Waals surface area contributed by atoms with Crippen molar-refractivity contribution in [1.82, 2.24) is 10.4 Å². The van der Waals surface area contributed by atoms with Crippen LogP contribution in [0.25, 0.3) is 10.8 Å². The van der Waals surface area contributed by atoms with Gasteiger partial charge in [0, 0.05) is 18.6 Å². The van der Waals surface area contributed by atoms with Gasteiger partial charge in [-0.1, -0.05) is 42.8 Å². The first-order chi connectivity index (χ1) is 9.74. The second-order valence-corrected chi connectivity index (χ2v) is 6.05. The number of benzene rings is 2. The van der Waals surface area contributed by atoms with E-state index in [9.17, 15) is 0 Å². The van der Waals surface area contributed by atoms with Crippen molar-refractivity contribution in [2.24, 2.45) is 0 Å². The van der Waals surface area contributed by atoms with Crippen LogP contribution in [0.1, 0.15) is 38.7 Å². The fraction of sp³-hybridized carbons (Fsp3) is 0.444. The van der Waals surface area contributed by atoms with Crippen LogP contribution >= 0.6 is 0 Å². The molecule has 1 heterocycles. The van der Waals surface area contributed by atoms with Gasteiger partial charge in [0.2, 0.25) is 0 Å². The number of fused-ring (bicyclic) bond motifs is 1. The van der Waals surface area contributed by atoms with Crippen molar-refractivity contribution in [1.29, 1.82) is 0 Å². The summed E-state index contributed by atoms with van der Waals surface area (Å²) in [5.41, 5.74) is 4.99. The van der Waals surface area contributed by atoms with Crippen molar-refractivity contribution in [2.75, 3.05) is 0 Å². The van der Waals surface area contributed by atoms with Crippen molar-refractivity contribution < 1.29 is 0 Å². The first-order valence-electron chi connectivity index (χ1n) is 7.73. The molecule has 1 saturated heterocycles. The van der Waals surface area contributed by atoms with Crippen molar-refractivity contribution in [3.8, 4) is 0 Å². The van der Waals surface area contributed by atoms with Gasteiger partial charge in [0.15, 0.2) is 0 Å². The molecule has 1 aliphatic heterocycles. The molecule has 0 amide bonds. The van der Waals surface area contributed by atoms with Crippen LogP contribution in [0.3, 0.4) is 0 Å². The summed E-state index contributed by atoms with van der Waals surface area (Å²) in [6.07, 6.45) is 3.96.